The number of fused-ring (bicyclic) bond motifs is 4. The predicted octanol–water partition coefficient (Wildman–Crippen LogP) is 6.04. The highest BCUT2D eigenvalue weighted by atomic mass is 32.1. The van der Waals surface area contributed by atoms with Crippen molar-refractivity contribution in [2.24, 2.45) is 0 Å². The van der Waals surface area contributed by atoms with Crippen molar-refractivity contribution in [3.63, 3.8) is 0 Å². The lowest BCUT2D eigenvalue weighted by Gasteiger charge is -2.21. The van der Waals surface area contributed by atoms with E-state index in [1.807, 2.05) is 17.4 Å². The van der Waals surface area contributed by atoms with E-state index in [2.05, 4.69) is 17.4 Å². The number of hydrogen-bond donors (Lipinski definition) is 1. The minimum Gasteiger partial charge on any atom is -0.486 e. The fourth-order valence-electron chi connectivity index (χ4n) is 5.41. The molecule has 1 aliphatic heterocycles. The molecule has 2 aliphatic carbocycles. The van der Waals surface area contributed by atoms with Gasteiger partial charge >= 0.3 is 0 Å². The minimum atomic E-state index is 0.519. The lowest BCUT2D eigenvalue weighted by Crippen LogP contribution is -2.16. The van der Waals surface area contributed by atoms with Crippen LogP contribution in [0.3, 0.4) is 0 Å². The molecular weight excluding hydrogens is 418 g/mol. The van der Waals surface area contributed by atoms with E-state index in [1.165, 1.54) is 77.6 Å². The van der Waals surface area contributed by atoms with Gasteiger partial charge in [0, 0.05) is 17.3 Å². The molecule has 0 unspecified atom stereocenters. The van der Waals surface area contributed by atoms with Crippen molar-refractivity contribution in [3.8, 4) is 11.5 Å². The van der Waals surface area contributed by atoms with Crippen LogP contribution in [0.15, 0.2) is 18.2 Å². The number of benzene rings is 1. The third-order valence-corrected chi connectivity index (χ3v) is 8.30. The van der Waals surface area contributed by atoms with Crippen LogP contribution < -0.4 is 14.8 Å². The number of nitrogens with one attached hydrogen (secondary N) is 1. The van der Waals surface area contributed by atoms with Gasteiger partial charge < -0.3 is 14.8 Å². The molecule has 1 fully saturated rings. The summed E-state index contributed by atoms with van der Waals surface area (Å²) in [6.07, 6.45) is 12.3. The van der Waals surface area contributed by atoms with Crippen molar-refractivity contribution in [1.82, 2.24) is 9.97 Å². The third kappa shape index (κ3) is 3.94. The predicted molar refractivity (Wildman–Crippen MR) is 130 cm³/mol. The Balaban J connectivity index is 1.27. The molecule has 0 saturated heterocycles. The first-order valence-corrected chi connectivity index (χ1v) is 13.1. The Bertz CT molecular complexity index is 1120. The summed E-state index contributed by atoms with van der Waals surface area (Å²) in [5, 5.41) is 5.01. The fraction of sp³-hybridized carbons (Fsp3) is 0.538. The van der Waals surface area contributed by atoms with Crippen molar-refractivity contribution in [2.45, 2.75) is 70.1 Å². The molecule has 1 saturated carbocycles. The molecule has 5 nitrogen and oxygen atoms in total. The van der Waals surface area contributed by atoms with E-state index < -0.39 is 0 Å². The van der Waals surface area contributed by atoms with Gasteiger partial charge in [-0.05, 0) is 68.2 Å². The molecule has 3 aliphatic rings. The van der Waals surface area contributed by atoms with Crippen LogP contribution in [0.5, 0.6) is 11.5 Å². The van der Waals surface area contributed by atoms with Crippen molar-refractivity contribution >= 4 is 27.4 Å². The van der Waals surface area contributed by atoms with Crippen molar-refractivity contribution in [2.75, 3.05) is 25.1 Å². The Kier molecular flexibility index (Phi) is 5.63. The quantitative estimate of drug-likeness (QED) is 0.514. The maximum atomic E-state index is 5.76. The summed E-state index contributed by atoms with van der Waals surface area (Å²) in [7, 11) is 0. The van der Waals surface area contributed by atoms with E-state index in [0.717, 1.165) is 42.5 Å². The van der Waals surface area contributed by atoms with Crippen molar-refractivity contribution in [1.29, 1.82) is 0 Å². The van der Waals surface area contributed by atoms with E-state index in [9.17, 15) is 0 Å². The molecule has 0 atom stereocenters. The average molecular weight is 450 g/mol. The maximum Gasteiger partial charge on any atom is 0.161 e. The second-order valence-corrected chi connectivity index (χ2v) is 10.4. The number of anilines is 1. The Morgan fingerprint density at radius 2 is 1.78 bits per heavy atom. The summed E-state index contributed by atoms with van der Waals surface area (Å²) in [4.78, 5) is 13.0. The van der Waals surface area contributed by atoms with E-state index in [0.29, 0.717) is 19.1 Å². The zero-order valence-electron chi connectivity index (χ0n) is 18.6. The van der Waals surface area contributed by atoms with Crippen LogP contribution in [-0.2, 0) is 19.3 Å². The highest BCUT2D eigenvalue weighted by Gasteiger charge is 2.24. The Labute approximate surface area is 193 Å². The Morgan fingerprint density at radius 1 is 0.938 bits per heavy atom. The zero-order valence-corrected chi connectivity index (χ0v) is 19.4. The van der Waals surface area contributed by atoms with E-state index in [-0.39, 0.29) is 0 Å². The molecular formula is C26H31N3O2S. The standard InChI is InChI=1S/C26H31N3O2S/c1-2-6-18(7-3-1)24-28-25(23-19-8-4-5-9-22(19)32-26(23)29-24)27-13-12-17-10-11-20-21(16-17)31-15-14-30-20/h10-11,16,18H,1-9,12-15H2,(H,27,28,29). The van der Waals surface area contributed by atoms with Gasteiger partial charge in [0.2, 0.25) is 0 Å². The first-order chi connectivity index (χ1) is 15.8. The van der Waals surface area contributed by atoms with Crippen molar-refractivity contribution < 1.29 is 9.47 Å². The number of hydrogen-bond acceptors (Lipinski definition) is 6. The summed E-state index contributed by atoms with van der Waals surface area (Å²) >= 11 is 1.92. The van der Waals surface area contributed by atoms with Crippen molar-refractivity contribution in [3.05, 3.63) is 40.0 Å². The molecule has 0 spiro atoms. The second-order valence-electron chi connectivity index (χ2n) is 9.31. The molecule has 0 bridgehead atoms. The molecule has 32 heavy (non-hydrogen) atoms. The highest BCUT2D eigenvalue weighted by Crippen LogP contribution is 2.40. The third-order valence-electron chi connectivity index (χ3n) is 7.11. The lowest BCUT2D eigenvalue weighted by molar-refractivity contribution is 0.171. The largest absolute Gasteiger partial charge is 0.486 e. The van der Waals surface area contributed by atoms with Crippen LogP contribution in [0.4, 0.5) is 5.82 Å². The van der Waals surface area contributed by atoms with Gasteiger partial charge in [-0.15, -0.1) is 11.3 Å². The lowest BCUT2D eigenvalue weighted by atomic mass is 9.88. The summed E-state index contributed by atoms with van der Waals surface area (Å²) in [5.41, 5.74) is 2.76. The molecule has 168 valence electrons. The molecule has 3 heterocycles. The number of aromatic nitrogens is 2. The van der Waals surface area contributed by atoms with Crippen LogP contribution >= 0.6 is 11.3 Å². The molecule has 1 N–H and O–H groups in total. The van der Waals surface area contributed by atoms with Gasteiger partial charge in [0.05, 0.1) is 5.39 Å². The summed E-state index contributed by atoms with van der Waals surface area (Å²) in [6, 6.07) is 6.29. The van der Waals surface area contributed by atoms with Gasteiger partial charge in [-0.3, -0.25) is 0 Å². The van der Waals surface area contributed by atoms with E-state index in [1.54, 1.807) is 0 Å². The van der Waals surface area contributed by atoms with Gasteiger partial charge in [0.25, 0.3) is 0 Å². The van der Waals surface area contributed by atoms with Crippen LogP contribution in [0.1, 0.15) is 72.7 Å². The monoisotopic (exact) mass is 449 g/mol. The smallest absolute Gasteiger partial charge is 0.161 e. The number of ether oxygens (including phenoxy) is 2. The summed E-state index contributed by atoms with van der Waals surface area (Å²) in [6.45, 7) is 2.10. The number of thiophene rings is 1. The maximum absolute atomic E-state index is 5.76. The van der Waals surface area contributed by atoms with Gasteiger partial charge in [0.1, 0.15) is 29.7 Å². The van der Waals surface area contributed by atoms with Crippen LogP contribution in [-0.4, -0.2) is 29.7 Å². The summed E-state index contributed by atoms with van der Waals surface area (Å²) < 4.78 is 11.4. The Morgan fingerprint density at radius 3 is 2.69 bits per heavy atom. The SMILES string of the molecule is c1cc2c(cc1CCNc1nc(C3CCCCC3)nc3sc4c(c13)CCCC4)OCCO2. The van der Waals surface area contributed by atoms with Crippen LogP contribution in [0, 0.1) is 0 Å². The Hall–Kier alpha value is -2.34. The number of rotatable bonds is 5. The van der Waals surface area contributed by atoms with Gasteiger partial charge in [-0.1, -0.05) is 25.3 Å². The normalized spacial score (nSPS) is 18.5. The molecule has 2 aromatic heterocycles. The molecule has 6 heteroatoms. The van der Waals surface area contributed by atoms with Crippen LogP contribution in [0.25, 0.3) is 10.2 Å². The average Bonchev–Trinajstić information content (AvgIpc) is 3.23. The highest BCUT2D eigenvalue weighted by molar-refractivity contribution is 7.19. The van der Waals surface area contributed by atoms with Gasteiger partial charge in [0.15, 0.2) is 11.5 Å². The zero-order chi connectivity index (χ0) is 21.3. The molecule has 1 aromatic carbocycles. The first kappa shape index (κ1) is 20.3. The molecule has 3 aromatic rings. The van der Waals surface area contributed by atoms with E-state index in [4.69, 9.17) is 19.4 Å². The fourth-order valence-corrected chi connectivity index (χ4v) is 6.68. The topological polar surface area (TPSA) is 56.3 Å². The van der Waals surface area contributed by atoms with Gasteiger partial charge in [-0.2, -0.15) is 0 Å². The molecule has 0 radical (unpaired) electrons. The number of aryl methyl sites for hydroxylation is 2. The second kappa shape index (κ2) is 8.89. The number of nitrogens with zero attached hydrogens (tertiary/aromatic N) is 2. The minimum absolute atomic E-state index is 0.519. The van der Waals surface area contributed by atoms with E-state index >= 15 is 0 Å². The van der Waals surface area contributed by atoms with Gasteiger partial charge in [-0.25, -0.2) is 9.97 Å². The first-order valence-electron chi connectivity index (χ1n) is 12.3. The summed E-state index contributed by atoms with van der Waals surface area (Å²) in [5.74, 6) is 4.37. The molecule has 6 rings (SSSR count). The molecule has 0 amide bonds. The van der Waals surface area contributed by atoms with Crippen LogP contribution in [0.2, 0.25) is 0 Å².